The second-order valence-electron chi connectivity index (χ2n) is 8.72. The van der Waals surface area contributed by atoms with Crippen LogP contribution in [0.3, 0.4) is 0 Å². The highest BCUT2D eigenvalue weighted by Crippen LogP contribution is 2.26. The van der Waals surface area contributed by atoms with Crippen molar-refractivity contribution in [3.05, 3.63) is 87.7 Å². The van der Waals surface area contributed by atoms with Crippen molar-refractivity contribution in [2.24, 2.45) is 0 Å². The summed E-state index contributed by atoms with van der Waals surface area (Å²) in [5.74, 6) is -0.101. The van der Waals surface area contributed by atoms with Gasteiger partial charge in [-0.05, 0) is 56.7 Å². The Bertz CT molecular complexity index is 1320. The highest BCUT2D eigenvalue weighted by atomic mass is 35.5. The fourth-order valence-corrected chi connectivity index (χ4v) is 4.41. The number of imidazole rings is 1. The van der Waals surface area contributed by atoms with E-state index in [-0.39, 0.29) is 18.4 Å². The number of hydrogen-bond acceptors (Lipinski definition) is 5. The van der Waals surface area contributed by atoms with Gasteiger partial charge < -0.3 is 9.80 Å². The summed E-state index contributed by atoms with van der Waals surface area (Å²) in [6.45, 7) is 3.01. The van der Waals surface area contributed by atoms with Crippen molar-refractivity contribution < 1.29 is 9.59 Å². The van der Waals surface area contributed by atoms with Crippen LogP contribution in [0.2, 0.25) is 5.02 Å². The molecule has 0 fully saturated rings. The number of amides is 2. The van der Waals surface area contributed by atoms with Crippen LogP contribution >= 0.6 is 22.9 Å². The third kappa shape index (κ3) is 6.40. The topological polar surface area (TPSA) is 70.5 Å². The Balaban J connectivity index is 1.60. The Morgan fingerprint density at radius 2 is 1.75 bits per heavy atom. The zero-order valence-corrected chi connectivity index (χ0v) is 22.0. The van der Waals surface area contributed by atoms with E-state index in [9.17, 15) is 9.59 Å². The molecule has 0 aliphatic rings. The van der Waals surface area contributed by atoms with Crippen molar-refractivity contribution >= 4 is 40.7 Å². The van der Waals surface area contributed by atoms with Crippen molar-refractivity contribution in [3.8, 4) is 16.9 Å². The molecule has 0 unspecified atom stereocenters. The number of anilines is 1. The van der Waals surface area contributed by atoms with Gasteiger partial charge in [0.15, 0.2) is 0 Å². The van der Waals surface area contributed by atoms with E-state index in [2.05, 4.69) is 5.32 Å². The minimum atomic E-state index is -0.319. The molecule has 7 nitrogen and oxygen atoms in total. The smallest absolute Gasteiger partial charge is 0.264 e. The van der Waals surface area contributed by atoms with Crippen LogP contribution in [0, 0.1) is 6.92 Å². The lowest BCUT2D eigenvalue weighted by molar-refractivity contribution is -0.117. The van der Waals surface area contributed by atoms with E-state index in [1.807, 2.05) is 84.5 Å². The van der Waals surface area contributed by atoms with E-state index in [0.717, 1.165) is 16.8 Å². The van der Waals surface area contributed by atoms with Gasteiger partial charge in [-0.3, -0.25) is 19.5 Å². The molecule has 0 aliphatic heterocycles. The molecule has 0 aliphatic carbocycles. The normalized spacial score (nSPS) is 11.0. The lowest BCUT2D eigenvalue weighted by atomic mass is 10.2. The lowest BCUT2D eigenvalue weighted by Crippen LogP contribution is -2.41. The number of hydrogen-bond donors (Lipinski definition) is 1. The van der Waals surface area contributed by atoms with Gasteiger partial charge in [-0.25, -0.2) is 4.98 Å². The number of benzene rings is 2. The average Bonchev–Trinajstić information content (AvgIpc) is 3.53. The Kier molecular flexibility index (Phi) is 8.20. The minimum absolute atomic E-state index is 0.0817. The monoisotopic (exact) mass is 521 g/mol. The average molecular weight is 522 g/mol. The first kappa shape index (κ1) is 25.6. The Hall–Kier alpha value is -3.46. The number of aryl methyl sites for hydroxylation is 1. The van der Waals surface area contributed by atoms with Crippen molar-refractivity contribution in [1.82, 2.24) is 19.4 Å². The van der Waals surface area contributed by atoms with Gasteiger partial charge in [0.05, 0.1) is 10.6 Å². The van der Waals surface area contributed by atoms with Crippen molar-refractivity contribution in [2.75, 3.05) is 39.0 Å². The van der Waals surface area contributed by atoms with E-state index in [4.69, 9.17) is 16.6 Å². The molecule has 4 aromatic rings. The van der Waals surface area contributed by atoms with Crippen LogP contribution in [-0.4, -0.2) is 64.9 Å². The van der Waals surface area contributed by atoms with Gasteiger partial charge in [-0.1, -0.05) is 47.5 Å². The van der Waals surface area contributed by atoms with Gasteiger partial charge in [0, 0.05) is 35.6 Å². The number of carbonyl (C=O) groups excluding carboxylic acids is 2. The summed E-state index contributed by atoms with van der Waals surface area (Å²) < 4.78 is 1.84. The number of likely N-dealkylation sites (N-methyl/N-ethyl adjacent to an activating group) is 1. The molecular weight excluding hydrogens is 494 g/mol. The summed E-state index contributed by atoms with van der Waals surface area (Å²) >= 11 is 7.42. The first-order valence-corrected chi connectivity index (χ1v) is 12.8. The fourth-order valence-electron chi connectivity index (χ4n) is 3.60. The van der Waals surface area contributed by atoms with Crippen molar-refractivity contribution in [2.45, 2.75) is 6.92 Å². The standard InChI is InChI=1S/C27H28ClN5O2S/c1-19-6-12-22(13-7-19)33-17-23(20-8-10-21(28)11-9-20)29-27(33)30-25(34)18-32(15-14-31(2)3)26(35)24-5-4-16-36-24/h4-13,16-17H,14-15,18H2,1-3H3,(H,29,30,34). The fraction of sp³-hybridized carbons (Fsp3) is 0.222. The highest BCUT2D eigenvalue weighted by Gasteiger charge is 2.21. The number of thiophene rings is 1. The third-order valence-corrected chi connectivity index (χ3v) is 6.69. The Morgan fingerprint density at radius 1 is 1.03 bits per heavy atom. The molecule has 0 saturated heterocycles. The number of halogens is 1. The zero-order chi connectivity index (χ0) is 25.7. The van der Waals surface area contributed by atoms with Crippen LogP contribution in [0.5, 0.6) is 0 Å². The number of carbonyl (C=O) groups is 2. The molecule has 4 rings (SSSR count). The highest BCUT2D eigenvalue weighted by molar-refractivity contribution is 7.12. The van der Waals surface area contributed by atoms with Crippen LogP contribution in [0.4, 0.5) is 5.95 Å². The molecule has 2 aromatic carbocycles. The Morgan fingerprint density at radius 3 is 2.39 bits per heavy atom. The predicted octanol–water partition coefficient (Wildman–Crippen LogP) is 5.21. The van der Waals surface area contributed by atoms with E-state index in [1.165, 1.54) is 11.3 Å². The number of rotatable bonds is 9. The molecule has 0 spiro atoms. The van der Waals surface area contributed by atoms with Crippen molar-refractivity contribution in [1.29, 1.82) is 0 Å². The van der Waals surface area contributed by atoms with Gasteiger partial charge in [0.1, 0.15) is 6.54 Å². The molecule has 9 heteroatoms. The quantitative estimate of drug-likeness (QED) is 0.328. The molecule has 2 heterocycles. The second kappa shape index (κ2) is 11.5. The number of nitrogens with one attached hydrogen (secondary N) is 1. The SMILES string of the molecule is Cc1ccc(-n2cc(-c3ccc(Cl)cc3)nc2NC(=O)CN(CCN(C)C)C(=O)c2cccs2)cc1. The molecule has 0 bridgehead atoms. The van der Waals surface area contributed by atoms with E-state index in [1.54, 1.807) is 23.1 Å². The predicted molar refractivity (Wildman–Crippen MR) is 146 cm³/mol. The first-order valence-electron chi connectivity index (χ1n) is 11.5. The largest absolute Gasteiger partial charge is 0.327 e. The molecular formula is C27H28ClN5O2S. The Labute approximate surface area is 219 Å². The summed E-state index contributed by atoms with van der Waals surface area (Å²) in [7, 11) is 3.87. The number of nitrogens with zero attached hydrogens (tertiary/aromatic N) is 4. The van der Waals surface area contributed by atoms with E-state index in [0.29, 0.717) is 34.6 Å². The van der Waals surface area contributed by atoms with Crippen LogP contribution < -0.4 is 5.32 Å². The molecule has 0 atom stereocenters. The minimum Gasteiger partial charge on any atom is -0.327 e. The summed E-state index contributed by atoms with van der Waals surface area (Å²) in [4.78, 5) is 35.1. The molecule has 1 N–H and O–H groups in total. The van der Waals surface area contributed by atoms with Gasteiger partial charge in [0.25, 0.3) is 5.91 Å². The molecule has 36 heavy (non-hydrogen) atoms. The van der Waals surface area contributed by atoms with Crippen LogP contribution in [-0.2, 0) is 4.79 Å². The van der Waals surface area contributed by atoms with E-state index < -0.39 is 0 Å². The summed E-state index contributed by atoms with van der Waals surface area (Å²) in [5.41, 5.74) is 3.57. The van der Waals surface area contributed by atoms with Gasteiger partial charge in [-0.15, -0.1) is 11.3 Å². The molecule has 0 radical (unpaired) electrons. The zero-order valence-electron chi connectivity index (χ0n) is 20.4. The summed E-state index contributed by atoms with van der Waals surface area (Å²) in [5, 5.41) is 5.42. The van der Waals surface area contributed by atoms with Gasteiger partial charge in [-0.2, -0.15) is 0 Å². The molecule has 0 saturated carbocycles. The first-order chi connectivity index (χ1) is 17.3. The molecule has 2 aromatic heterocycles. The third-order valence-electron chi connectivity index (χ3n) is 5.58. The van der Waals surface area contributed by atoms with Crippen LogP contribution in [0.1, 0.15) is 15.2 Å². The van der Waals surface area contributed by atoms with Crippen LogP contribution in [0.25, 0.3) is 16.9 Å². The van der Waals surface area contributed by atoms with Gasteiger partial charge >= 0.3 is 0 Å². The summed E-state index contributed by atoms with van der Waals surface area (Å²) in [6.07, 6.45) is 1.88. The maximum atomic E-state index is 13.2. The second-order valence-corrected chi connectivity index (χ2v) is 10.1. The summed E-state index contributed by atoms with van der Waals surface area (Å²) in [6, 6.07) is 18.9. The molecule has 186 valence electrons. The maximum absolute atomic E-state index is 13.2. The van der Waals surface area contributed by atoms with Gasteiger partial charge in [0.2, 0.25) is 11.9 Å². The van der Waals surface area contributed by atoms with E-state index >= 15 is 0 Å². The number of aromatic nitrogens is 2. The molecule has 2 amide bonds. The van der Waals surface area contributed by atoms with Crippen molar-refractivity contribution in [3.63, 3.8) is 0 Å². The lowest BCUT2D eigenvalue weighted by Gasteiger charge is -2.23. The maximum Gasteiger partial charge on any atom is 0.264 e. The van der Waals surface area contributed by atoms with Crippen LogP contribution in [0.15, 0.2) is 72.2 Å².